The van der Waals surface area contributed by atoms with Crippen LogP contribution >= 0.6 is 11.8 Å². The summed E-state index contributed by atoms with van der Waals surface area (Å²) in [4.78, 5) is 27.3. The van der Waals surface area contributed by atoms with Crippen LogP contribution in [0, 0.1) is 6.92 Å². The smallest absolute Gasteiger partial charge is 0.255 e. The Bertz CT molecular complexity index is 1040. The molecule has 3 rings (SSSR count). The van der Waals surface area contributed by atoms with Gasteiger partial charge in [0, 0.05) is 41.4 Å². The van der Waals surface area contributed by atoms with Gasteiger partial charge in [0.1, 0.15) is 0 Å². The number of aryl methyl sites for hydroxylation is 1. The van der Waals surface area contributed by atoms with Crippen LogP contribution in [0.25, 0.3) is 0 Å². The van der Waals surface area contributed by atoms with E-state index in [4.69, 9.17) is 0 Å². The van der Waals surface area contributed by atoms with Crippen LogP contribution in [0.2, 0.25) is 0 Å². The normalized spacial score (nSPS) is 14.6. The van der Waals surface area contributed by atoms with Crippen molar-refractivity contribution in [2.75, 3.05) is 29.9 Å². The van der Waals surface area contributed by atoms with E-state index >= 15 is 0 Å². The Morgan fingerprint density at radius 3 is 2.17 bits per heavy atom. The van der Waals surface area contributed by atoms with Gasteiger partial charge in [0.15, 0.2) is 9.84 Å². The molecule has 1 saturated heterocycles. The first kappa shape index (κ1) is 22.4. The molecular weight excluding hydrogens is 420 g/mol. The van der Waals surface area contributed by atoms with Crippen LogP contribution < -0.4 is 5.32 Å². The van der Waals surface area contributed by atoms with E-state index in [9.17, 15) is 18.0 Å². The minimum absolute atomic E-state index is 0.0122. The molecule has 2 aromatic rings. The fourth-order valence-electron chi connectivity index (χ4n) is 3.15. The third kappa shape index (κ3) is 4.87. The number of hydrogen-bond donors (Lipinski definition) is 1. The third-order valence-corrected chi connectivity index (χ3v) is 8.20. The Balaban J connectivity index is 1.71. The molecule has 0 radical (unpaired) electrons. The van der Waals surface area contributed by atoms with Crippen LogP contribution in [0.1, 0.15) is 40.1 Å². The van der Waals surface area contributed by atoms with Crippen LogP contribution in [0.5, 0.6) is 0 Å². The molecule has 0 aromatic heterocycles. The molecule has 0 saturated carbocycles. The van der Waals surface area contributed by atoms with Crippen LogP contribution in [0.15, 0.2) is 47.4 Å². The lowest BCUT2D eigenvalue weighted by Crippen LogP contribution is -2.37. The van der Waals surface area contributed by atoms with Gasteiger partial charge in [-0.05, 0) is 68.8 Å². The van der Waals surface area contributed by atoms with Gasteiger partial charge >= 0.3 is 0 Å². The van der Waals surface area contributed by atoms with E-state index in [1.54, 1.807) is 32.0 Å². The van der Waals surface area contributed by atoms with Crippen molar-refractivity contribution in [3.8, 4) is 0 Å². The van der Waals surface area contributed by atoms with Crippen molar-refractivity contribution < 1.29 is 18.0 Å². The number of amides is 2. The minimum atomic E-state index is -3.38. The number of nitrogens with one attached hydrogen (secondary N) is 1. The topological polar surface area (TPSA) is 83.6 Å². The molecule has 0 aliphatic carbocycles. The monoisotopic (exact) mass is 446 g/mol. The molecule has 1 heterocycles. The van der Waals surface area contributed by atoms with Crippen LogP contribution in [-0.2, 0) is 9.84 Å². The molecule has 0 atom stereocenters. The Morgan fingerprint density at radius 1 is 1.00 bits per heavy atom. The Kier molecular flexibility index (Phi) is 6.88. The van der Waals surface area contributed by atoms with Crippen LogP contribution in [0.4, 0.5) is 5.69 Å². The number of anilines is 1. The van der Waals surface area contributed by atoms with Gasteiger partial charge in [-0.2, -0.15) is 11.8 Å². The first-order valence-corrected chi connectivity index (χ1v) is 12.5. The zero-order chi connectivity index (χ0) is 21.9. The molecule has 1 aliphatic heterocycles. The molecule has 0 unspecified atom stereocenters. The predicted octanol–water partition coefficient (Wildman–Crippen LogP) is 3.62. The summed E-state index contributed by atoms with van der Waals surface area (Å²) in [6, 6.07) is 11.2. The third-order valence-electron chi connectivity index (χ3n) is 5.09. The SMILES string of the molecule is Cc1cc(C(=O)N2CCSCC2)ccc1NC(=O)c1ccc(S(=O)(=O)C(C)C)cc1. The van der Waals surface area contributed by atoms with Gasteiger partial charge in [-0.15, -0.1) is 0 Å². The molecule has 2 aromatic carbocycles. The number of thioether (sulfide) groups is 1. The van der Waals surface area contributed by atoms with Crippen molar-refractivity contribution in [3.05, 3.63) is 59.2 Å². The highest BCUT2D eigenvalue weighted by Crippen LogP contribution is 2.21. The zero-order valence-corrected chi connectivity index (χ0v) is 19.0. The van der Waals surface area contributed by atoms with E-state index in [2.05, 4.69) is 5.32 Å². The standard InChI is InChI=1S/C22H26N2O4S2/c1-15(2)30(27,28)19-7-4-17(5-8-19)21(25)23-20-9-6-18(14-16(20)3)22(26)24-10-12-29-13-11-24/h4-9,14-15H,10-13H2,1-3H3,(H,23,25). The molecule has 1 aliphatic rings. The second-order valence-electron chi connectivity index (χ2n) is 7.51. The summed E-state index contributed by atoms with van der Waals surface area (Å²) in [5.41, 5.74) is 2.38. The number of hydrogen-bond acceptors (Lipinski definition) is 5. The second kappa shape index (κ2) is 9.22. The molecular formula is C22H26N2O4S2. The van der Waals surface area contributed by atoms with E-state index in [1.807, 2.05) is 23.6 Å². The first-order chi connectivity index (χ1) is 14.2. The van der Waals surface area contributed by atoms with E-state index in [1.165, 1.54) is 24.3 Å². The molecule has 1 N–H and O–H groups in total. The van der Waals surface area contributed by atoms with Gasteiger partial charge in [0.25, 0.3) is 11.8 Å². The van der Waals surface area contributed by atoms with Crippen molar-refractivity contribution in [2.45, 2.75) is 30.9 Å². The molecule has 160 valence electrons. The second-order valence-corrected chi connectivity index (χ2v) is 11.2. The van der Waals surface area contributed by atoms with Gasteiger partial charge in [-0.3, -0.25) is 9.59 Å². The van der Waals surface area contributed by atoms with E-state index in [0.717, 1.165) is 30.2 Å². The molecule has 2 amide bonds. The Labute approximate surface area is 182 Å². The summed E-state index contributed by atoms with van der Waals surface area (Å²) in [6.45, 7) is 6.60. The number of rotatable bonds is 5. The maximum absolute atomic E-state index is 12.6. The fraction of sp³-hybridized carbons (Fsp3) is 0.364. The molecule has 0 spiro atoms. The lowest BCUT2D eigenvalue weighted by atomic mass is 10.1. The van der Waals surface area contributed by atoms with Gasteiger partial charge < -0.3 is 10.2 Å². The summed E-state index contributed by atoms with van der Waals surface area (Å²) in [7, 11) is -3.38. The Morgan fingerprint density at radius 2 is 1.60 bits per heavy atom. The lowest BCUT2D eigenvalue weighted by molar-refractivity contribution is 0.0772. The molecule has 8 heteroatoms. The molecule has 6 nitrogen and oxygen atoms in total. The van der Waals surface area contributed by atoms with Gasteiger partial charge in [0.05, 0.1) is 10.1 Å². The van der Waals surface area contributed by atoms with Gasteiger partial charge in [-0.25, -0.2) is 8.42 Å². The number of carbonyl (C=O) groups excluding carboxylic acids is 2. The average molecular weight is 447 g/mol. The molecule has 0 bridgehead atoms. The molecule has 30 heavy (non-hydrogen) atoms. The fourth-order valence-corrected chi connectivity index (χ4v) is 5.11. The summed E-state index contributed by atoms with van der Waals surface area (Å²) < 4.78 is 24.4. The summed E-state index contributed by atoms with van der Waals surface area (Å²) in [5, 5.41) is 2.31. The van der Waals surface area contributed by atoms with E-state index in [-0.39, 0.29) is 16.7 Å². The molecule has 1 fully saturated rings. The van der Waals surface area contributed by atoms with Crippen molar-refractivity contribution in [1.29, 1.82) is 0 Å². The van der Waals surface area contributed by atoms with Crippen molar-refractivity contribution in [2.24, 2.45) is 0 Å². The summed E-state index contributed by atoms with van der Waals surface area (Å²) in [5.74, 6) is 1.59. The highest BCUT2D eigenvalue weighted by atomic mass is 32.2. The quantitative estimate of drug-likeness (QED) is 0.758. The maximum atomic E-state index is 12.6. The number of benzene rings is 2. The number of carbonyl (C=O) groups is 2. The lowest BCUT2D eigenvalue weighted by Gasteiger charge is -2.26. The van der Waals surface area contributed by atoms with Gasteiger partial charge in [0.2, 0.25) is 0 Å². The van der Waals surface area contributed by atoms with E-state index in [0.29, 0.717) is 16.8 Å². The van der Waals surface area contributed by atoms with E-state index < -0.39 is 15.1 Å². The number of sulfone groups is 1. The minimum Gasteiger partial charge on any atom is -0.337 e. The van der Waals surface area contributed by atoms with Crippen LogP contribution in [-0.4, -0.2) is 55.0 Å². The summed E-state index contributed by atoms with van der Waals surface area (Å²) in [6.07, 6.45) is 0. The average Bonchev–Trinajstić information content (AvgIpc) is 2.75. The van der Waals surface area contributed by atoms with Crippen molar-refractivity contribution in [1.82, 2.24) is 4.90 Å². The predicted molar refractivity (Wildman–Crippen MR) is 121 cm³/mol. The first-order valence-electron chi connectivity index (χ1n) is 9.83. The highest BCUT2D eigenvalue weighted by Gasteiger charge is 2.21. The zero-order valence-electron chi connectivity index (χ0n) is 17.3. The van der Waals surface area contributed by atoms with Crippen molar-refractivity contribution in [3.63, 3.8) is 0 Å². The maximum Gasteiger partial charge on any atom is 0.255 e. The van der Waals surface area contributed by atoms with Crippen LogP contribution in [0.3, 0.4) is 0 Å². The van der Waals surface area contributed by atoms with Crippen molar-refractivity contribution >= 4 is 39.1 Å². The summed E-state index contributed by atoms with van der Waals surface area (Å²) >= 11 is 1.85. The number of nitrogens with zero attached hydrogens (tertiary/aromatic N) is 1. The van der Waals surface area contributed by atoms with Gasteiger partial charge in [-0.1, -0.05) is 0 Å². The highest BCUT2D eigenvalue weighted by molar-refractivity contribution is 7.99. The Hall–Kier alpha value is -2.32. The largest absolute Gasteiger partial charge is 0.337 e.